The molecule has 1 aromatic heterocycles. The van der Waals surface area contributed by atoms with Crippen molar-refractivity contribution in [1.29, 1.82) is 0 Å². The molecule has 176 valence electrons. The number of amides is 2. The molecule has 3 heterocycles. The van der Waals surface area contributed by atoms with Gasteiger partial charge in [-0.15, -0.1) is 0 Å². The first kappa shape index (κ1) is 22.2. The highest BCUT2D eigenvalue weighted by Gasteiger charge is 2.32. The molecule has 0 aliphatic carbocycles. The van der Waals surface area contributed by atoms with Crippen LogP contribution in [0.15, 0.2) is 65.5 Å². The summed E-state index contributed by atoms with van der Waals surface area (Å²) < 4.78 is 1.85. The minimum absolute atomic E-state index is 0.000243. The van der Waals surface area contributed by atoms with Gasteiger partial charge in [0.2, 0.25) is 11.8 Å². The Bertz CT molecular complexity index is 1240. The Morgan fingerprint density at radius 3 is 2.21 bits per heavy atom. The van der Waals surface area contributed by atoms with Gasteiger partial charge in [0, 0.05) is 44.2 Å². The topological polar surface area (TPSA) is 78.4 Å². The molecule has 2 aliphatic heterocycles. The van der Waals surface area contributed by atoms with Gasteiger partial charge in [-0.05, 0) is 49.5 Å². The smallest absolute Gasteiger partial charge is 0.326 e. The number of fused-ring (bicyclic) bond motifs is 1. The van der Waals surface area contributed by atoms with Crippen molar-refractivity contribution in [3.8, 4) is 0 Å². The van der Waals surface area contributed by atoms with E-state index in [2.05, 4.69) is 4.98 Å². The van der Waals surface area contributed by atoms with E-state index < -0.39 is 0 Å². The zero-order chi connectivity index (χ0) is 23.5. The highest BCUT2D eigenvalue weighted by Crippen LogP contribution is 2.27. The van der Waals surface area contributed by atoms with Crippen molar-refractivity contribution >= 4 is 28.9 Å². The van der Waals surface area contributed by atoms with Crippen LogP contribution in [0.3, 0.4) is 0 Å². The Morgan fingerprint density at radius 2 is 1.47 bits per heavy atom. The van der Waals surface area contributed by atoms with Crippen molar-refractivity contribution in [2.75, 3.05) is 26.2 Å². The summed E-state index contributed by atoms with van der Waals surface area (Å²) in [5.41, 5.74) is 2.70. The van der Waals surface area contributed by atoms with Crippen LogP contribution in [-0.4, -0.2) is 57.3 Å². The van der Waals surface area contributed by atoms with Crippen LogP contribution in [0.4, 0.5) is 0 Å². The maximum Gasteiger partial charge on any atom is 0.326 e. The van der Waals surface area contributed by atoms with E-state index in [1.165, 1.54) is 0 Å². The number of hydrogen-bond acceptors (Lipinski definition) is 3. The predicted molar refractivity (Wildman–Crippen MR) is 132 cm³/mol. The molecule has 7 nitrogen and oxygen atoms in total. The number of hydrogen-bond donors (Lipinski definition) is 1. The summed E-state index contributed by atoms with van der Waals surface area (Å²) in [5, 5.41) is 0. The Kier molecular flexibility index (Phi) is 6.34. The minimum atomic E-state index is -0.0793. The number of benzene rings is 2. The molecular weight excluding hydrogens is 428 g/mol. The van der Waals surface area contributed by atoms with Crippen LogP contribution < -0.4 is 5.69 Å². The van der Waals surface area contributed by atoms with Gasteiger partial charge in [0.25, 0.3) is 0 Å². The third kappa shape index (κ3) is 4.55. The standard InChI is InChI=1S/C27H30N4O3/c32-25(11-10-20-6-2-1-3-7-20)29-16-12-21(13-17-29)26(33)30-18-14-22(15-19-30)31-24-9-5-4-8-23(24)28-27(31)34/h1-11,21-22H,12-19H2,(H,28,34)/b11-10+. The summed E-state index contributed by atoms with van der Waals surface area (Å²) in [6.07, 6.45) is 6.40. The van der Waals surface area contributed by atoms with Gasteiger partial charge in [-0.1, -0.05) is 42.5 Å². The Hall–Kier alpha value is -3.61. The van der Waals surface area contributed by atoms with Gasteiger partial charge in [-0.3, -0.25) is 14.2 Å². The normalized spacial score (nSPS) is 18.1. The largest absolute Gasteiger partial charge is 0.342 e. The first-order valence-corrected chi connectivity index (χ1v) is 12.1. The Morgan fingerprint density at radius 1 is 0.824 bits per heavy atom. The average Bonchev–Trinajstić information content (AvgIpc) is 3.23. The summed E-state index contributed by atoms with van der Waals surface area (Å²) in [6.45, 7) is 2.54. The number of para-hydroxylation sites is 2. The highest BCUT2D eigenvalue weighted by molar-refractivity contribution is 5.92. The fraction of sp³-hybridized carbons (Fsp3) is 0.370. The van der Waals surface area contributed by atoms with Crippen LogP contribution in [0.1, 0.15) is 37.3 Å². The quantitative estimate of drug-likeness (QED) is 0.609. The zero-order valence-corrected chi connectivity index (χ0v) is 19.2. The molecule has 0 atom stereocenters. The minimum Gasteiger partial charge on any atom is -0.342 e. The molecule has 0 spiro atoms. The second kappa shape index (κ2) is 9.71. The predicted octanol–water partition coefficient (Wildman–Crippen LogP) is 3.45. The number of carbonyl (C=O) groups is 2. The van der Waals surface area contributed by atoms with Gasteiger partial charge in [-0.2, -0.15) is 0 Å². The third-order valence-electron chi connectivity index (χ3n) is 7.14. The summed E-state index contributed by atoms with van der Waals surface area (Å²) >= 11 is 0. The second-order valence-electron chi connectivity index (χ2n) is 9.22. The van der Waals surface area contributed by atoms with Crippen molar-refractivity contribution < 1.29 is 9.59 Å². The number of H-pyrrole nitrogens is 1. The van der Waals surface area contributed by atoms with E-state index in [-0.39, 0.29) is 29.5 Å². The number of rotatable bonds is 4. The lowest BCUT2D eigenvalue weighted by atomic mass is 9.93. The van der Waals surface area contributed by atoms with Crippen molar-refractivity contribution in [2.24, 2.45) is 5.92 Å². The van der Waals surface area contributed by atoms with Crippen LogP contribution in [0.25, 0.3) is 17.1 Å². The first-order chi connectivity index (χ1) is 16.6. The molecule has 2 saturated heterocycles. The Labute approximate surface area is 198 Å². The van der Waals surface area contributed by atoms with Crippen molar-refractivity contribution in [3.05, 3.63) is 76.7 Å². The molecule has 5 rings (SSSR count). The van der Waals surface area contributed by atoms with Gasteiger partial charge >= 0.3 is 5.69 Å². The molecule has 3 aromatic rings. The highest BCUT2D eigenvalue weighted by atomic mass is 16.2. The van der Waals surface area contributed by atoms with Crippen molar-refractivity contribution in [1.82, 2.24) is 19.4 Å². The third-order valence-corrected chi connectivity index (χ3v) is 7.14. The Balaban J connectivity index is 1.13. The van der Waals surface area contributed by atoms with Crippen molar-refractivity contribution in [3.63, 3.8) is 0 Å². The van der Waals surface area contributed by atoms with Gasteiger partial charge in [0.15, 0.2) is 0 Å². The SMILES string of the molecule is O=C(/C=C/c1ccccc1)N1CCC(C(=O)N2CCC(n3c(=O)[nH]c4ccccc43)CC2)CC1. The fourth-order valence-corrected chi connectivity index (χ4v) is 5.22. The van der Waals surface area contributed by atoms with Gasteiger partial charge in [0.05, 0.1) is 11.0 Å². The van der Waals surface area contributed by atoms with E-state index in [9.17, 15) is 14.4 Å². The summed E-state index contributed by atoms with van der Waals surface area (Å²) in [6, 6.07) is 17.6. The lowest BCUT2D eigenvalue weighted by Gasteiger charge is -2.37. The molecule has 2 aliphatic rings. The van der Waals surface area contributed by atoms with Gasteiger partial charge in [0.1, 0.15) is 0 Å². The number of carbonyl (C=O) groups excluding carboxylic acids is 2. The number of piperidine rings is 2. The molecule has 7 heteroatoms. The maximum atomic E-state index is 13.1. The van der Waals surface area contributed by atoms with Crippen LogP contribution >= 0.6 is 0 Å². The molecular formula is C27H30N4O3. The number of nitrogens with one attached hydrogen (secondary N) is 1. The van der Waals surface area contributed by atoms with Gasteiger partial charge < -0.3 is 14.8 Å². The molecule has 0 radical (unpaired) electrons. The molecule has 2 aromatic carbocycles. The number of aromatic nitrogens is 2. The maximum absolute atomic E-state index is 13.1. The molecule has 0 saturated carbocycles. The summed E-state index contributed by atoms with van der Waals surface area (Å²) in [5.74, 6) is 0.158. The van der Waals surface area contributed by atoms with Gasteiger partial charge in [-0.25, -0.2) is 4.79 Å². The number of nitrogens with zero attached hydrogens (tertiary/aromatic N) is 3. The van der Waals surface area contributed by atoms with E-state index in [0.29, 0.717) is 39.0 Å². The van der Waals surface area contributed by atoms with Crippen molar-refractivity contribution in [2.45, 2.75) is 31.7 Å². The molecule has 34 heavy (non-hydrogen) atoms. The number of aromatic amines is 1. The van der Waals surface area contributed by atoms with E-state index in [0.717, 1.165) is 29.4 Å². The van der Waals surface area contributed by atoms with E-state index in [1.807, 2.05) is 75.0 Å². The monoisotopic (exact) mass is 458 g/mol. The van der Waals surface area contributed by atoms with Crippen LogP contribution in [0.5, 0.6) is 0 Å². The average molecular weight is 459 g/mol. The number of imidazole rings is 1. The van der Waals surface area contributed by atoms with Crippen LogP contribution in [0.2, 0.25) is 0 Å². The fourth-order valence-electron chi connectivity index (χ4n) is 5.22. The zero-order valence-electron chi connectivity index (χ0n) is 19.2. The molecule has 0 bridgehead atoms. The molecule has 0 unspecified atom stereocenters. The molecule has 2 amide bonds. The van der Waals surface area contributed by atoms with E-state index in [1.54, 1.807) is 6.08 Å². The van der Waals surface area contributed by atoms with E-state index >= 15 is 0 Å². The second-order valence-corrected chi connectivity index (χ2v) is 9.22. The lowest BCUT2D eigenvalue weighted by Crippen LogP contribution is -2.47. The summed E-state index contributed by atoms with van der Waals surface area (Å²) in [4.78, 5) is 44.9. The molecule has 1 N–H and O–H groups in total. The van der Waals surface area contributed by atoms with Crippen LogP contribution in [-0.2, 0) is 9.59 Å². The van der Waals surface area contributed by atoms with E-state index in [4.69, 9.17) is 0 Å². The summed E-state index contributed by atoms with van der Waals surface area (Å²) in [7, 11) is 0. The number of likely N-dealkylation sites (tertiary alicyclic amines) is 2. The van der Waals surface area contributed by atoms with Crippen LogP contribution in [0, 0.1) is 5.92 Å². The lowest BCUT2D eigenvalue weighted by molar-refractivity contribution is -0.140. The molecule has 2 fully saturated rings. The first-order valence-electron chi connectivity index (χ1n) is 12.1.